The minimum absolute atomic E-state index is 0.0143. The molecule has 0 unspecified atom stereocenters. The average Bonchev–Trinajstić information content (AvgIpc) is 2.41. The number of nitrogens with one attached hydrogen (secondary N) is 1. The molecule has 0 bridgehead atoms. The molecule has 0 atom stereocenters. The number of benzene rings is 1. The van der Waals surface area contributed by atoms with Gasteiger partial charge in [0.05, 0.1) is 10.5 Å². The summed E-state index contributed by atoms with van der Waals surface area (Å²) in [6, 6.07) is 6.24. The number of hydrogen-bond acceptors (Lipinski definition) is 6. The van der Waals surface area contributed by atoms with Crippen LogP contribution in [0.1, 0.15) is 5.56 Å². The van der Waals surface area contributed by atoms with Crippen molar-refractivity contribution in [1.82, 2.24) is 9.97 Å². The van der Waals surface area contributed by atoms with E-state index in [1.165, 1.54) is 6.07 Å². The van der Waals surface area contributed by atoms with E-state index in [-0.39, 0.29) is 5.69 Å². The molecule has 7 nitrogen and oxygen atoms in total. The fourth-order valence-electron chi connectivity index (χ4n) is 1.54. The maximum atomic E-state index is 10.8. The molecule has 1 N–H and O–H groups in total. The molecule has 1 heterocycles. The summed E-state index contributed by atoms with van der Waals surface area (Å²) in [6.07, 6.45) is 1.54. The number of anilines is 1. The van der Waals surface area contributed by atoms with E-state index in [9.17, 15) is 10.1 Å². The lowest BCUT2D eigenvalue weighted by molar-refractivity contribution is -0.385. The van der Waals surface area contributed by atoms with Crippen molar-refractivity contribution in [2.24, 2.45) is 0 Å². The highest BCUT2D eigenvalue weighted by molar-refractivity contribution is 5.49. The molecule has 0 saturated heterocycles. The molecule has 19 heavy (non-hydrogen) atoms. The molecule has 98 valence electrons. The Bertz CT molecular complexity index is 616. The van der Waals surface area contributed by atoms with Gasteiger partial charge in [-0.1, -0.05) is 6.07 Å². The van der Waals surface area contributed by atoms with Crippen molar-refractivity contribution in [2.45, 2.75) is 6.92 Å². The molecule has 0 aliphatic rings. The van der Waals surface area contributed by atoms with Crippen LogP contribution in [0.2, 0.25) is 0 Å². The predicted octanol–water partition coefficient (Wildman–Crippen LogP) is 2.53. The van der Waals surface area contributed by atoms with Crippen LogP contribution in [-0.4, -0.2) is 21.9 Å². The molecular formula is C12H12N4O3. The number of nitrogens with zero attached hydrogens (tertiary/aromatic N) is 3. The minimum atomic E-state index is -0.443. The number of aromatic nitrogens is 2. The van der Waals surface area contributed by atoms with Gasteiger partial charge in [0.25, 0.3) is 5.69 Å². The Morgan fingerprint density at radius 3 is 2.84 bits per heavy atom. The second-order valence-corrected chi connectivity index (χ2v) is 3.73. The summed E-state index contributed by atoms with van der Waals surface area (Å²) < 4.78 is 5.55. The maximum Gasteiger partial charge on any atom is 0.276 e. The van der Waals surface area contributed by atoms with Crippen LogP contribution < -0.4 is 10.1 Å². The number of nitro benzene ring substituents is 1. The highest BCUT2D eigenvalue weighted by atomic mass is 16.6. The number of rotatable bonds is 4. The lowest BCUT2D eigenvalue weighted by Gasteiger charge is -2.08. The molecule has 1 aromatic carbocycles. The molecular weight excluding hydrogens is 248 g/mol. The van der Waals surface area contributed by atoms with Crippen LogP contribution in [0.4, 0.5) is 11.6 Å². The molecule has 2 rings (SSSR count). The van der Waals surface area contributed by atoms with Crippen molar-refractivity contribution in [1.29, 1.82) is 0 Å². The summed E-state index contributed by atoms with van der Waals surface area (Å²) >= 11 is 0. The van der Waals surface area contributed by atoms with Crippen LogP contribution in [0, 0.1) is 17.0 Å². The first-order valence-corrected chi connectivity index (χ1v) is 5.54. The predicted molar refractivity (Wildman–Crippen MR) is 69.5 cm³/mol. The standard InChI is InChI=1S/C12H12N4O3/c1-8-9(16(17)18)4-3-5-10(8)19-11-6-7-14-12(13-2)15-11/h3-7H,1-2H3,(H,13,14,15). The summed E-state index contributed by atoms with van der Waals surface area (Å²) in [5.74, 6) is 1.14. The highest BCUT2D eigenvalue weighted by Crippen LogP contribution is 2.30. The summed E-state index contributed by atoms with van der Waals surface area (Å²) in [5.41, 5.74) is 0.470. The van der Waals surface area contributed by atoms with Crippen molar-refractivity contribution in [3.05, 3.63) is 46.1 Å². The van der Waals surface area contributed by atoms with E-state index in [4.69, 9.17) is 4.74 Å². The van der Waals surface area contributed by atoms with Crippen LogP contribution in [-0.2, 0) is 0 Å². The maximum absolute atomic E-state index is 10.8. The Balaban J connectivity index is 2.33. The van der Waals surface area contributed by atoms with Gasteiger partial charge in [0.15, 0.2) is 0 Å². The molecule has 0 aliphatic carbocycles. The van der Waals surface area contributed by atoms with Crippen molar-refractivity contribution >= 4 is 11.6 Å². The SMILES string of the molecule is CNc1nccc(Oc2cccc([N+](=O)[O-])c2C)n1. The van der Waals surface area contributed by atoms with E-state index >= 15 is 0 Å². The van der Waals surface area contributed by atoms with Gasteiger partial charge in [-0.2, -0.15) is 4.98 Å². The van der Waals surface area contributed by atoms with Crippen LogP contribution in [0.15, 0.2) is 30.5 Å². The van der Waals surface area contributed by atoms with Gasteiger partial charge in [0.2, 0.25) is 11.8 Å². The summed E-state index contributed by atoms with van der Waals surface area (Å²) in [7, 11) is 1.69. The van der Waals surface area contributed by atoms with E-state index in [1.807, 2.05) is 0 Å². The molecule has 1 aromatic heterocycles. The topological polar surface area (TPSA) is 90.2 Å². The van der Waals surface area contributed by atoms with Gasteiger partial charge < -0.3 is 10.1 Å². The Kier molecular flexibility index (Phi) is 3.56. The van der Waals surface area contributed by atoms with Gasteiger partial charge in [0, 0.05) is 25.4 Å². The Morgan fingerprint density at radius 2 is 2.16 bits per heavy atom. The van der Waals surface area contributed by atoms with Gasteiger partial charge >= 0.3 is 0 Å². The average molecular weight is 260 g/mol. The molecule has 0 aliphatic heterocycles. The molecule has 0 amide bonds. The van der Waals surface area contributed by atoms with Crippen LogP contribution in [0.3, 0.4) is 0 Å². The largest absolute Gasteiger partial charge is 0.438 e. The fraction of sp³-hybridized carbons (Fsp3) is 0.167. The van der Waals surface area contributed by atoms with Gasteiger partial charge in [-0.25, -0.2) is 4.98 Å². The van der Waals surface area contributed by atoms with Crippen LogP contribution in [0.5, 0.6) is 11.6 Å². The Morgan fingerprint density at radius 1 is 1.37 bits per heavy atom. The van der Waals surface area contributed by atoms with Crippen molar-refractivity contribution < 1.29 is 9.66 Å². The second-order valence-electron chi connectivity index (χ2n) is 3.73. The first-order valence-electron chi connectivity index (χ1n) is 5.54. The van der Waals surface area contributed by atoms with E-state index in [1.54, 1.807) is 38.4 Å². The van der Waals surface area contributed by atoms with Gasteiger partial charge in [0.1, 0.15) is 5.75 Å². The quantitative estimate of drug-likeness (QED) is 0.671. The van der Waals surface area contributed by atoms with E-state index in [2.05, 4.69) is 15.3 Å². The van der Waals surface area contributed by atoms with E-state index < -0.39 is 4.92 Å². The van der Waals surface area contributed by atoms with Gasteiger partial charge in [-0.3, -0.25) is 10.1 Å². The zero-order valence-corrected chi connectivity index (χ0v) is 10.5. The van der Waals surface area contributed by atoms with Crippen molar-refractivity contribution in [2.75, 3.05) is 12.4 Å². The number of nitro groups is 1. The summed E-state index contributed by atoms with van der Waals surface area (Å²) in [5, 5.41) is 13.6. The molecule has 0 spiro atoms. The number of hydrogen-bond donors (Lipinski definition) is 1. The molecule has 7 heteroatoms. The zero-order chi connectivity index (χ0) is 13.8. The number of ether oxygens (including phenoxy) is 1. The summed E-state index contributed by atoms with van der Waals surface area (Å²) in [4.78, 5) is 18.4. The lowest BCUT2D eigenvalue weighted by atomic mass is 10.2. The van der Waals surface area contributed by atoms with Crippen molar-refractivity contribution in [3.63, 3.8) is 0 Å². The Labute approximate surface area is 109 Å². The third-order valence-corrected chi connectivity index (χ3v) is 2.52. The monoisotopic (exact) mass is 260 g/mol. The normalized spacial score (nSPS) is 10.0. The molecule has 2 aromatic rings. The first-order chi connectivity index (χ1) is 9.11. The van der Waals surface area contributed by atoms with Crippen molar-refractivity contribution in [3.8, 4) is 11.6 Å². The molecule has 0 saturated carbocycles. The fourth-order valence-corrected chi connectivity index (χ4v) is 1.54. The van der Waals surface area contributed by atoms with E-state index in [0.717, 1.165) is 0 Å². The van der Waals surface area contributed by atoms with Gasteiger partial charge in [-0.05, 0) is 13.0 Å². The second kappa shape index (κ2) is 5.30. The van der Waals surface area contributed by atoms with Crippen LogP contribution in [0.25, 0.3) is 0 Å². The van der Waals surface area contributed by atoms with E-state index in [0.29, 0.717) is 23.1 Å². The molecule has 0 fully saturated rings. The van der Waals surface area contributed by atoms with Crippen LogP contribution >= 0.6 is 0 Å². The third-order valence-electron chi connectivity index (χ3n) is 2.52. The molecule has 0 radical (unpaired) electrons. The Hall–Kier alpha value is -2.70. The highest BCUT2D eigenvalue weighted by Gasteiger charge is 2.15. The summed E-state index contributed by atoms with van der Waals surface area (Å²) in [6.45, 7) is 1.63. The first kappa shape index (κ1) is 12.7. The smallest absolute Gasteiger partial charge is 0.276 e. The third kappa shape index (κ3) is 2.76. The van der Waals surface area contributed by atoms with Gasteiger partial charge in [-0.15, -0.1) is 0 Å². The minimum Gasteiger partial charge on any atom is -0.438 e. The lowest BCUT2D eigenvalue weighted by Crippen LogP contribution is -1.99. The zero-order valence-electron chi connectivity index (χ0n) is 10.5.